The van der Waals surface area contributed by atoms with E-state index in [0.29, 0.717) is 12.3 Å². The first kappa shape index (κ1) is 14.8. The molecule has 5 heteroatoms. The maximum absolute atomic E-state index is 12.0. The largest absolute Gasteiger partial charge is 0.573 e. The molecule has 0 spiro atoms. The van der Waals surface area contributed by atoms with Gasteiger partial charge in [0.2, 0.25) is 0 Å². The third kappa shape index (κ3) is 4.56. The van der Waals surface area contributed by atoms with Gasteiger partial charge in [0.15, 0.2) is 0 Å². The summed E-state index contributed by atoms with van der Waals surface area (Å²) in [5, 5.41) is 8.98. The molecule has 18 heavy (non-hydrogen) atoms. The van der Waals surface area contributed by atoms with Crippen molar-refractivity contribution >= 4 is 0 Å². The number of aliphatic hydroxyl groups is 1. The van der Waals surface area contributed by atoms with E-state index >= 15 is 0 Å². The predicted octanol–water partition coefficient (Wildman–Crippen LogP) is 3.71. The molecule has 0 aliphatic carbocycles. The molecule has 1 atom stereocenters. The summed E-state index contributed by atoms with van der Waals surface area (Å²) in [6, 6.07) is 5.83. The minimum absolute atomic E-state index is 0.0592. The highest BCUT2D eigenvalue weighted by molar-refractivity contribution is 5.29. The summed E-state index contributed by atoms with van der Waals surface area (Å²) in [4.78, 5) is 0. The molecule has 1 aromatic rings. The van der Waals surface area contributed by atoms with Gasteiger partial charge in [0.1, 0.15) is 5.75 Å². The average Bonchev–Trinajstić information content (AvgIpc) is 2.25. The van der Waals surface area contributed by atoms with Gasteiger partial charge in [0.25, 0.3) is 0 Å². The lowest BCUT2D eigenvalue weighted by molar-refractivity contribution is -0.274. The molecule has 0 radical (unpaired) electrons. The standard InChI is InChI=1S/C13H17F3O2/c1-9(2)12(7-8-17)10-3-5-11(6-4-10)18-13(14,15)16/h3-6,9,12,17H,7-8H2,1-2H3. The molecule has 1 unspecified atom stereocenters. The second-order valence-corrected chi connectivity index (χ2v) is 4.48. The Balaban J connectivity index is 2.80. The molecule has 0 aliphatic rings. The Bertz CT molecular complexity index is 357. The highest BCUT2D eigenvalue weighted by Gasteiger charge is 2.31. The zero-order valence-electron chi connectivity index (χ0n) is 10.4. The van der Waals surface area contributed by atoms with Gasteiger partial charge in [-0.15, -0.1) is 13.2 Å². The van der Waals surface area contributed by atoms with E-state index < -0.39 is 6.36 Å². The molecular formula is C13H17F3O2. The first-order chi connectivity index (χ1) is 8.33. The van der Waals surface area contributed by atoms with Crippen molar-refractivity contribution in [3.05, 3.63) is 29.8 Å². The monoisotopic (exact) mass is 262 g/mol. The van der Waals surface area contributed by atoms with Crippen LogP contribution in [0.25, 0.3) is 0 Å². The van der Waals surface area contributed by atoms with E-state index in [1.54, 1.807) is 12.1 Å². The van der Waals surface area contributed by atoms with Crippen molar-refractivity contribution < 1.29 is 23.0 Å². The van der Waals surface area contributed by atoms with Gasteiger partial charge in [0, 0.05) is 6.61 Å². The number of ether oxygens (including phenoxy) is 1. The first-order valence-corrected chi connectivity index (χ1v) is 5.80. The Morgan fingerprint density at radius 3 is 2.11 bits per heavy atom. The number of hydrogen-bond donors (Lipinski definition) is 1. The van der Waals surface area contributed by atoms with Crippen LogP contribution in [0.4, 0.5) is 13.2 Å². The molecule has 1 rings (SSSR count). The van der Waals surface area contributed by atoms with Crippen molar-refractivity contribution in [1.29, 1.82) is 0 Å². The van der Waals surface area contributed by atoms with Crippen LogP contribution in [0.2, 0.25) is 0 Å². The van der Waals surface area contributed by atoms with Crippen LogP contribution in [0.3, 0.4) is 0 Å². The lowest BCUT2D eigenvalue weighted by Crippen LogP contribution is -2.17. The molecule has 0 heterocycles. The summed E-state index contributed by atoms with van der Waals surface area (Å²) in [5.74, 6) is 0.222. The molecule has 0 aliphatic heterocycles. The van der Waals surface area contributed by atoms with Gasteiger partial charge in [-0.2, -0.15) is 0 Å². The van der Waals surface area contributed by atoms with Crippen LogP contribution in [0.5, 0.6) is 5.75 Å². The number of alkyl halides is 3. The average molecular weight is 262 g/mol. The molecule has 1 N–H and O–H groups in total. The third-order valence-electron chi connectivity index (χ3n) is 2.79. The van der Waals surface area contributed by atoms with Crippen LogP contribution in [0.15, 0.2) is 24.3 Å². The fourth-order valence-electron chi connectivity index (χ4n) is 1.94. The molecular weight excluding hydrogens is 245 g/mol. The number of benzene rings is 1. The molecule has 0 aromatic heterocycles. The third-order valence-corrected chi connectivity index (χ3v) is 2.79. The maximum atomic E-state index is 12.0. The maximum Gasteiger partial charge on any atom is 0.573 e. The Morgan fingerprint density at radius 2 is 1.72 bits per heavy atom. The predicted molar refractivity (Wildman–Crippen MR) is 62.4 cm³/mol. The van der Waals surface area contributed by atoms with Crippen LogP contribution >= 0.6 is 0 Å². The first-order valence-electron chi connectivity index (χ1n) is 5.80. The fraction of sp³-hybridized carbons (Fsp3) is 0.538. The molecule has 0 bridgehead atoms. The van der Waals surface area contributed by atoms with Gasteiger partial charge in [-0.25, -0.2) is 0 Å². The van der Waals surface area contributed by atoms with Gasteiger partial charge in [-0.1, -0.05) is 26.0 Å². The molecule has 0 saturated heterocycles. The summed E-state index contributed by atoms with van der Waals surface area (Å²) in [6.45, 7) is 4.09. The molecule has 0 amide bonds. The minimum atomic E-state index is -4.66. The SMILES string of the molecule is CC(C)C(CCO)c1ccc(OC(F)(F)F)cc1. The number of halogens is 3. The number of hydrogen-bond acceptors (Lipinski definition) is 2. The van der Waals surface area contributed by atoms with E-state index in [4.69, 9.17) is 5.11 Å². The summed E-state index contributed by atoms with van der Waals surface area (Å²) < 4.78 is 39.8. The van der Waals surface area contributed by atoms with Crippen molar-refractivity contribution in [2.45, 2.75) is 32.5 Å². The van der Waals surface area contributed by atoms with E-state index in [0.717, 1.165) is 5.56 Å². The van der Waals surface area contributed by atoms with Crippen molar-refractivity contribution in [2.75, 3.05) is 6.61 Å². The Kier molecular flexibility index (Phi) is 5.02. The highest BCUT2D eigenvalue weighted by Crippen LogP contribution is 2.30. The van der Waals surface area contributed by atoms with Crippen molar-refractivity contribution in [3.8, 4) is 5.75 Å². The second kappa shape index (κ2) is 6.09. The Hall–Kier alpha value is -1.23. The Morgan fingerprint density at radius 1 is 1.17 bits per heavy atom. The lowest BCUT2D eigenvalue weighted by atomic mass is 9.86. The molecule has 0 saturated carbocycles. The van der Waals surface area contributed by atoms with E-state index in [1.807, 2.05) is 13.8 Å². The minimum Gasteiger partial charge on any atom is -0.406 e. The zero-order valence-corrected chi connectivity index (χ0v) is 10.4. The number of rotatable bonds is 5. The fourth-order valence-corrected chi connectivity index (χ4v) is 1.94. The lowest BCUT2D eigenvalue weighted by Gasteiger charge is -2.20. The van der Waals surface area contributed by atoms with Gasteiger partial charge < -0.3 is 9.84 Å². The summed E-state index contributed by atoms with van der Waals surface area (Å²) in [6.07, 6.45) is -4.07. The number of aliphatic hydroxyl groups excluding tert-OH is 1. The van der Waals surface area contributed by atoms with Gasteiger partial charge >= 0.3 is 6.36 Å². The Labute approximate surface area is 104 Å². The van der Waals surface area contributed by atoms with Crippen LogP contribution < -0.4 is 4.74 Å². The quantitative estimate of drug-likeness (QED) is 0.876. The second-order valence-electron chi connectivity index (χ2n) is 4.48. The summed E-state index contributed by atoms with van der Waals surface area (Å²) in [5.41, 5.74) is 0.911. The molecule has 102 valence electrons. The van der Waals surface area contributed by atoms with Gasteiger partial charge in [-0.05, 0) is 36.0 Å². The van der Waals surface area contributed by atoms with Crippen LogP contribution in [0, 0.1) is 5.92 Å². The van der Waals surface area contributed by atoms with Crippen molar-refractivity contribution in [1.82, 2.24) is 0 Å². The normalized spacial score (nSPS) is 13.7. The van der Waals surface area contributed by atoms with E-state index in [-0.39, 0.29) is 18.3 Å². The van der Waals surface area contributed by atoms with Crippen molar-refractivity contribution in [2.24, 2.45) is 5.92 Å². The topological polar surface area (TPSA) is 29.5 Å². The van der Waals surface area contributed by atoms with Crippen LogP contribution in [0.1, 0.15) is 31.7 Å². The van der Waals surface area contributed by atoms with Crippen molar-refractivity contribution in [3.63, 3.8) is 0 Å². The highest BCUT2D eigenvalue weighted by atomic mass is 19.4. The summed E-state index contributed by atoms with van der Waals surface area (Å²) >= 11 is 0. The molecule has 2 nitrogen and oxygen atoms in total. The molecule has 0 fully saturated rings. The summed E-state index contributed by atoms with van der Waals surface area (Å²) in [7, 11) is 0. The zero-order chi connectivity index (χ0) is 13.8. The van der Waals surface area contributed by atoms with E-state index in [2.05, 4.69) is 4.74 Å². The van der Waals surface area contributed by atoms with Gasteiger partial charge in [-0.3, -0.25) is 0 Å². The van der Waals surface area contributed by atoms with Crippen LogP contribution in [-0.4, -0.2) is 18.1 Å². The smallest absolute Gasteiger partial charge is 0.406 e. The van der Waals surface area contributed by atoms with Crippen LogP contribution in [-0.2, 0) is 0 Å². The molecule has 1 aromatic carbocycles. The van der Waals surface area contributed by atoms with E-state index in [1.165, 1.54) is 12.1 Å². The van der Waals surface area contributed by atoms with E-state index in [9.17, 15) is 13.2 Å². The van der Waals surface area contributed by atoms with Gasteiger partial charge in [0.05, 0.1) is 0 Å².